The van der Waals surface area contributed by atoms with Crippen molar-refractivity contribution in [1.82, 2.24) is 9.55 Å². The van der Waals surface area contributed by atoms with E-state index in [0.29, 0.717) is 21.5 Å². The van der Waals surface area contributed by atoms with E-state index in [-0.39, 0.29) is 0 Å². The number of fused-ring (bicyclic) bond motifs is 1. The second-order valence-corrected chi connectivity index (χ2v) is 5.55. The van der Waals surface area contributed by atoms with Gasteiger partial charge < -0.3 is 15.0 Å². The number of imidazole rings is 1. The van der Waals surface area contributed by atoms with Crippen molar-refractivity contribution in [3.8, 4) is 17.1 Å². The summed E-state index contributed by atoms with van der Waals surface area (Å²) in [7, 11) is 3.52. The minimum atomic E-state index is 0.468. The van der Waals surface area contributed by atoms with Gasteiger partial charge in [-0.05, 0) is 24.3 Å². The summed E-state index contributed by atoms with van der Waals surface area (Å²) >= 11 is 12.1. The number of hydrogen-bond acceptors (Lipinski definition) is 3. The number of aryl methyl sites for hydroxylation is 1. The van der Waals surface area contributed by atoms with Crippen LogP contribution in [0.25, 0.3) is 22.4 Å². The molecule has 0 saturated heterocycles. The zero-order valence-corrected chi connectivity index (χ0v) is 13.0. The molecule has 0 atom stereocenters. The number of benzene rings is 2. The Morgan fingerprint density at radius 3 is 2.67 bits per heavy atom. The van der Waals surface area contributed by atoms with Gasteiger partial charge in [0.1, 0.15) is 11.6 Å². The molecule has 3 aromatic rings. The molecule has 0 aliphatic rings. The minimum absolute atomic E-state index is 0.468. The number of hydrogen-bond donors (Lipinski definition) is 1. The Morgan fingerprint density at radius 1 is 1.19 bits per heavy atom. The fraction of sp³-hybridized carbons (Fsp3) is 0.133. The van der Waals surface area contributed by atoms with Crippen LogP contribution in [-0.2, 0) is 7.05 Å². The van der Waals surface area contributed by atoms with E-state index in [0.717, 1.165) is 22.4 Å². The van der Waals surface area contributed by atoms with Gasteiger partial charge in [-0.25, -0.2) is 4.98 Å². The fourth-order valence-corrected chi connectivity index (χ4v) is 2.66. The Morgan fingerprint density at radius 2 is 1.95 bits per heavy atom. The highest BCUT2D eigenvalue weighted by molar-refractivity contribution is 6.33. The van der Waals surface area contributed by atoms with Crippen LogP contribution in [0, 0.1) is 0 Å². The predicted octanol–water partition coefficient (Wildman–Crippen LogP) is 4.14. The Balaban J connectivity index is 2.30. The molecule has 0 amide bonds. The monoisotopic (exact) mass is 321 g/mol. The fourth-order valence-electron chi connectivity index (χ4n) is 2.33. The second-order valence-electron chi connectivity index (χ2n) is 4.70. The summed E-state index contributed by atoms with van der Waals surface area (Å²) in [6.45, 7) is 0. The van der Waals surface area contributed by atoms with E-state index in [1.54, 1.807) is 19.2 Å². The molecule has 0 saturated carbocycles. The maximum atomic E-state index is 6.13. The van der Waals surface area contributed by atoms with Gasteiger partial charge in [-0.3, -0.25) is 0 Å². The van der Waals surface area contributed by atoms with Crippen molar-refractivity contribution >= 4 is 39.9 Å². The highest BCUT2D eigenvalue weighted by Gasteiger charge is 2.16. The number of nitrogens with two attached hydrogens (primary N) is 1. The summed E-state index contributed by atoms with van der Waals surface area (Å²) in [5, 5.41) is 1.12. The molecule has 2 N–H and O–H groups in total. The first-order valence-corrected chi connectivity index (χ1v) is 7.02. The van der Waals surface area contributed by atoms with Crippen LogP contribution in [0.4, 0.5) is 5.69 Å². The first-order chi connectivity index (χ1) is 10.0. The van der Waals surface area contributed by atoms with E-state index >= 15 is 0 Å². The average molecular weight is 322 g/mol. The molecule has 0 spiro atoms. The van der Waals surface area contributed by atoms with Gasteiger partial charge >= 0.3 is 0 Å². The summed E-state index contributed by atoms with van der Waals surface area (Å²) in [5.41, 5.74) is 8.87. The molecule has 0 bridgehead atoms. The molecule has 0 unspecified atom stereocenters. The van der Waals surface area contributed by atoms with E-state index in [9.17, 15) is 0 Å². The number of rotatable bonds is 2. The third-order valence-corrected chi connectivity index (χ3v) is 3.97. The van der Waals surface area contributed by atoms with Gasteiger partial charge in [0, 0.05) is 18.1 Å². The normalized spacial score (nSPS) is 11.0. The van der Waals surface area contributed by atoms with E-state index in [4.69, 9.17) is 33.7 Å². The van der Waals surface area contributed by atoms with Crippen molar-refractivity contribution in [2.24, 2.45) is 7.05 Å². The first-order valence-electron chi connectivity index (χ1n) is 6.26. The second kappa shape index (κ2) is 5.13. The van der Waals surface area contributed by atoms with Crippen molar-refractivity contribution in [2.45, 2.75) is 0 Å². The molecule has 108 valence electrons. The maximum Gasteiger partial charge on any atom is 0.144 e. The molecule has 1 heterocycles. The number of nitrogen functional groups attached to an aromatic ring is 1. The van der Waals surface area contributed by atoms with Gasteiger partial charge in [0.2, 0.25) is 0 Å². The van der Waals surface area contributed by atoms with Crippen LogP contribution >= 0.6 is 23.2 Å². The third-order valence-electron chi connectivity index (χ3n) is 3.40. The van der Waals surface area contributed by atoms with Crippen molar-refractivity contribution in [3.63, 3.8) is 0 Å². The van der Waals surface area contributed by atoms with Gasteiger partial charge in [-0.1, -0.05) is 23.2 Å². The van der Waals surface area contributed by atoms with Crippen molar-refractivity contribution < 1.29 is 4.74 Å². The van der Waals surface area contributed by atoms with Crippen molar-refractivity contribution in [3.05, 3.63) is 40.4 Å². The minimum Gasteiger partial charge on any atom is -0.496 e. The third kappa shape index (κ3) is 2.30. The topological polar surface area (TPSA) is 53.1 Å². The van der Waals surface area contributed by atoms with Crippen LogP contribution in [0.2, 0.25) is 10.0 Å². The molecule has 3 rings (SSSR count). The maximum absolute atomic E-state index is 6.13. The smallest absolute Gasteiger partial charge is 0.144 e. The Bertz CT molecular complexity index is 843. The number of halogens is 2. The lowest BCUT2D eigenvalue weighted by Gasteiger charge is -2.10. The number of nitrogens with zero attached hydrogens (tertiary/aromatic N) is 2. The molecular weight excluding hydrogens is 309 g/mol. The number of methoxy groups -OCH3 is 1. The molecule has 4 nitrogen and oxygen atoms in total. The predicted molar refractivity (Wildman–Crippen MR) is 87.1 cm³/mol. The van der Waals surface area contributed by atoms with Crippen LogP contribution in [0.5, 0.6) is 5.75 Å². The molecular formula is C15H13Cl2N3O. The molecule has 1 aromatic heterocycles. The lowest BCUT2D eigenvalue weighted by atomic mass is 10.1. The van der Waals surface area contributed by atoms with Crippen LogP contribution in [-0.4, -0.2) is 16.7 Å². The number of ether oxygens (including phenoxy) is 1. The average Bonchev–Trinajstić information content (AvgIpc) is 2.77. The van der Waals surface area contributed by atoms with Gasteiger partial charge in [0.25, 0.3) is 0 Å². The Kier molecular flexibility index (Phi) is 3.43. The van der Waals surface area contributed by atoms with Gasteiger partial charge in [0.15, 0.2) is 0 Å². The van der Waals surface area contributed by atoms with Gasteiger partial charge in [0.05, 0.1) is 34.4 Å². The van der Waals surface area contributed by atoms with E-state index < -0.39 is 0 Å². The van der Waals surface area contributed by atoms with E-state index in [1.165, 1.54) is 0 Å². The van der Waals surface area contributed by atoms with Crippen LogP contribution < -0.4 is 10.5 Å². The highest BCUT2D eigenvalue weighted by atomic mass is 35.5. The number of aromatic nitrogens is 2. The zero-order valence-electron chi connectivity index (χ0n) is 11.5. The standard InChI is InChI=1S/C15H13Cl2N3O/c1-20-13-4-3-8(16)5-12(13)19-15(20)9-6-10(17)11(18)7-14(9)21-2/h3-7H,18H2,1-2H3. The summed E-state index contributed by atoms with van der Waals surface area (Å²) in [6.07, 6.45) is 0. The van der Waals surface area contributed by atoms with Crippen LogP contribution in [0.1, 0.15) is 0 Å². The number of anilines is 1. The molecule has 0 aliphatic heterocycles. The summed E-state index contributed by atoms with van der Waals surface area (Å²) in [6, 6.07) is 9.05. The quantitative estimate of drug-likeness (QED) is 0.722. The first kappa shape index (κ1) is 14.0. The highest BCUT2D eigenvalue weighted by Crippen LogP contribution is 2.36. The summed E-state index contributed by atoms with van der Waals surface area (Å²) in [5.74, 6) is 1.37. The van der Waals surface area contributed by atoms with E-state index in [2.05, 4.69) is 4.98 Å². The largest absolute Gasteiger partial charge is 0.496 e. The van der Waals surface area contributed by atoms with Gasteiger partial charge in [-0.15, -0.1) is 0 Å². The lowest BCUT2D eigenvalue weighted by Crippen LogP contribution is -1.97. The summed E-state index contributed by atoms with van der Waals surface area (Å²) < 4.78 is 7.36. The Hall–Kier alpha value is -1.91. The lowest BCUT2D eigenvalue weighted by molar-refractivity contribution is 0.416. The Labute approximate surface area is 132 Å². The molecule has 2 aromatic carbocycles. The molecule has 6 heteroatoms. The molecule has 0 radical (unpaired) electrons. The molecule has 21 heavy (non-hydrogen) atoms. The van der Waals surface area contributed by atoms with Crippen molar-refractivity contribution in [1.29, 1.82) is 0 Å². The zero-order chi connectivity index (χ0) is 15.1. The van der Waals surface area contributed by atoms with Crippen LogP contribution in [0.15, 0.2) is 30.3 Å². The SMILES string of the molecule is COc1cc(N)c(Cl)cc1-c1nc2cc(Cl)ccc2n1C. The van der Waals surface area contributed by atoms with Gasteiger partial charge in [-0.2, -0.15) is 0 Å². The molecule has 0 aliphatic carbocycles. The van der Waals surface area contributed by atoms with Crippen LogP contribution in [0.3, 0.4) is 0 Å². The summed E-state index contributed by atoms with van der Waals surface area (Å²) in [4.78, 5) is 4.62. The van der Waals surface area contributed by atoms with E-state index in [1.807, 2.05) is 29.8 Å². The van der Waals surface area contributed by atoms with Crippen molar-refractivity contribution in [2.75, 3.05) is 12.8 Å². The molecule has 0 fully saturated rings.